The number of halogens is 2. The lowest BCUT2D eigenvalue weighted by Gasteiger charge is -2.22. The van der Waals surface area contributed by atoms with Crippen LogP contribution in [0.3, 0.4) is 0 Å². The average molecular weight is 271 g/mol. The van der Waals surface area contributed by atoms with E-state index in [2.05, 4.69) is 16.2 Å². The molecule has 0 aromatic carbocycles. The standard InChI is InChI=1S/C11H12Cl2N4/c1-16-11(4-8(15-16)7-2-3-7)17-5-9(12)14-10(13)6-17/h4-5,7H,2-3,6H2,1H3. The smallest absolute Gasteiger partial charge is 0.146 e. The molecule has 1 aliphatic carbocycles. The van der Waals surface area contributed by atoms with Gasteiger partial charge in [0.05, 0.1) is 12.2 Å². The molecule has 4 nitrogen and oxygen atoms in total. The summed E-state index contributed by atoms with van der Waals surface area (Å²) in [4.78, 5) is 5.95. The van der Waals surface area contributed by atoms with E-state index in [1.807, 2.05) is 16.6 Å². The Balaban J connectivity index is 1.91. The van der Waals surface area contributed by atoms with Crippen molar-refractivity contribution in [2.24, 2.45) is 12.0 Å². The maximum absolute atomic E-state index is 5.94. The summed E-state index contributed by atoms with van der Waals surface area (Å²) >= 11 is 11.9. The molecule has 0 spiro atoms. The number of hydrogen-bond acceptors (Lipinski definition) is 3. The molecule has 0 bridgehead atoms. The largest absolute Gasteiger partial charge is 0.323 e. The van der Waals surface area contributed by atoms with Crippen molar-refractivity contribution in [2.75, 3.05) is 11.4 Å². The minimum atomic E-state index is 0.399. The molecular weight excluding hydrogens is 259 g/mol. The molecule has 0 unspecified atom stereocenters. The van der Waals surface area contributed by atoms with Crippen molar-refractivity contribution < 1.29 is 0 Å². The van der Waals surface area contributed by atoms with Gasteiger partial charge >= 0.3 is 0 Å². The van der Waals surface area contributed by atoms with Gasteiger partial charge in [-0.25, -0.2) is 4.99 Å². The molecule has 17 heavy (non-hydrogen) atoms. The Morgan fingerprint density at radius 3 is 2.76 bits per heavy atom. The van der Waals surface area contributed by atoms with E-state index in [0.29, 0.717) is 22.8 Å². The zero-order chi connectivity index (χ0) is 12.0. The minimum absolute atomic E-state index is 0.399. The molecule has 0 amide bonds. The highest BCUT2D eigenvalue weighted by Gasteiger charge is 2.28. The third-order valence-corrected chi connectivity index (χ3v) is 3.34. The molecule has 2 aliphatic rings. The number of aromatic nitrogens is 2. The van der Waals surface area contributed by atoms with Crippen molar-refractivity contribution in [3.63, 3.8) is 0 Å². The van der Waals surface area contributed by atoms with Crippen LogP contribution in [0.25, 0.3) is 0 Å². The van der Waals surface area contributed by atoms with Crippen LogP contribution in [0, 0.1) is 0 Å². The van der Waals surface area contributed by atoms with Gasteiger partial charge in [0.1, 0.15) is 16.1 Å². The fourth-order valence-corrected chi connectivity index (χ4v) is 2.45. The van der Waals surface area contributed by atoms with Gasteiger partial charge in [0.25, 0.3) is 0 Å². The molecule has 0 N–H and O–H groups in total. The maximum Gasteiger partial charge on any atom is 0.146 e. The van der Waals surface area contributed by atoms with E-state index in [0.717, 1.165) is 11.5 Å². The van der Waals surface area contributed by atoms with Gasteiger partial charge in [-0.05, 0) is 12.8 Å². The first-order valence-electron chi connectivity index (χ1n) is 5.54. The monoisotopic (exact) mass is 270 g/mol. The predicted molar refractivity (Wildman–Crippen MR) is 69.8 cm³/mol. The Bertz CT molecular complexity index is 514. The highest BCUT2D eigenvalue weighted by molar-refractivity contribution is 6.66. The van der Waals surface area contributed by atoms with Crippen LogP contribution in [0.15, 0.2) is 22.4 Å². The van der Waals surface area contributed by atoms with Crippen LogP contribution in [-0.4, -0.2) is 21.5 Å². The van der Waals surface area contributed by atoms with Crippen molar-refractivity contribution in [1.29, 1.82) is 0 Å². The van der Waals surface area contributed by atoms with Crippen molar-refractivity contribution in [1.82, 2.24) is 9.78 Å². The van der Waals surface area contributed by atoms with Crippen LogP contribution < -0.4 is 4.90 Å². The van der Waals surface area contributed by atoms with Gasteiger partial charge < -0.3 is 4.90 Å². The molecule has 1 fully saturated rings. The van der Waals surface area contributed by atoms with Crippen molar-refractivity contribution >= 4 is 34.2 Å². The number of aliphatic imine (C=N–C) groups is 1. The summed E-state index contributed by atoms with van der Waals surface area (Å²) in [6.07, 6.45) is 4.27. The number of nitrogens with zero attached hydrogens (tertiary/aromatic N) is 4. The molecule has 6 heteroatoms. The lowest BCUT2D eigenvalue weighted by atomic mass is 10.3. The SMILES string of the molecule is Cn1nc(C2CC2)cc1N1C=C(Cl)N=C(Cl)C1. The normalized spacial score (nSPS) is 20.3. The first-order chi connectivity index (χ1) is 8.13. The van der Waals surface area contributed by atoms with Crippen LogP contribution >= 0.6 is 23.2 Å². The molecule has 0 radical (unpaired) electrons. The van der Waals surface area contributed by atoms with E-state index >= 15 is 0 Å². The average Bonchev–Trinajstić information content (AvgIpc) is 3.01. The molecule has 90 valence electrons. The van der Waals surface area contributed by atoms with E-state index in [4.69, 9.17) is 23.2 Å². The van der Waals surface area contributed by atoms with Crippen LogP contribution in [0.1, 0.15) is 24.5 Å². The van der Waals surface area contributed by atoms with Crippen LogP contribution in [0.2, 0.25) is 0 Å². The van der Waals surface area contributed by atoms with Crippen LogP contribution in [-0.2, 0) is 7.05 Å². The highest BCUT2D eigenvalue weighted by Crippen LogP contribution is 2.40. The number of anilines is 1. The van der Waals surface area contributed by atoms with Crippen molar-refractivity contribution in [3.8, 4) is 0 Å². The molecule has 2 heterocycles. The van der Waals surface area contributed by atoms with Crippen LogP contribution in [0.5, 0.6) is 0 Å². The van der Waals surface area contributed by atoms with Gasteiger partial charge in [0, 0.05) is 25.2 Å². The van der Waals surface area contributed by atoms with Crippen LogP contribution in [0.4, 0.5) is 5.82 Å². The van der Waals surface area contributed by atoms with Gasteiger partial charge in [0.15, 0.2) is 0 Å². The summed E-state index contributed by atoms with van der Waals surface area (Å²) < 4.78 is 1.86. The lowest BCUT2D eigenvalue weighted by molar-refractivity contribution is 0.734. The Morgan fingerprint density at radius 1 is 1.35 bits per heavy atom. The number of rotatable bonds is 2. The van der Waals surface area contributed by atoms with E-state index in [-0.39, 0.29) is 0 Å². The van der Waals surface area contributed by atoms with E-state index in [1.165, 1.54) is 12.8 Å². The predicted octanol–water partition coefficient (Wildman–Crippen LogP) is 2.79. The number of aryl methyl sites for hydroxylation is 1. The maximum atomic E-state index is 5.94. The van der Waals surface area contributed by atoms with Gasteiger partial charge in [0.2, 0.25) is 0 Å². The second-order valence-corrected chi connectivity index (χ2v) is 5.22. The molecule has 0 atom stereocenters. The summed E-state index contributed by atoms with van der Waals surface area (Å²) in [5.74, 6) is 1.64. The molecule has 1 saturated carbocycles. The van der Waals surface area contributed by atoms with E-state index in [9.17, 15) is 0 Å². The molecule has 1 aliphatic heterocycles. The van der Waals surface area contributed by atoms with E-state index in [1.54, 1.807) is 6.20 Å². The molecule has 0 saturated heterocycles. The molecule has 3 rings (SSSR count). The summed E-state index contributed by atoms with van der Waals surface area (Å²) in [7, 11) is 1.93. The molecular formula is C11H12Cl2N4. The second-order valence-electron chi connectivity index (χ2n) is 4.39. The first-order valence-corrected chi connectivity index (χ1v) is 6.30. The highest BCUT2D eigenvalue weighted by atomic mass is 35.5. The zero-order valence-electron chi connectivity index (χ0n) is 9.40. The third-order valence-electron chi connectivity index (χ3n) is 2.96. The minimum Gasteiger partial charge on any atom is -0.323 e. The zero-order valence-corrected chi connectivity index (χ0v) is 10.9. The summed E-state index contributed by atoms with van der Waals surface area (Å²) in [5, 5.41) is 5.41. The Hall–Kier alpha value is -1.00. The lowest BCUT2D eigenvalue weighted by Crippen LogP contribution is -2.26. The van der Waals surface area contributed by atoms with Gasteiger partial charge in [-0.1, -0.05) is 23.2 Å². The topological polar surface area (TPSA) is 33.4 Å². The fourth-order valence-electron chi connectivity index (χ4n) is 1.97. The third kappa shape index (κ3) is 2.19. The second kappa shape index (κ2) is 4.03. The Morgan fingerprint density at radius 2 is 2.12 bits per heavy atom. The van der Waals surface area contributed by atoms with E-state index < -0.39 is 0 Å². The first kappa shape index (κ1) is 11.1. The molecule has 1 aromatic rings. The molecule has 1 aromatic heterocycles. The van der Waals surface area contributed by atoms with Gasteiger partial charge in [-0.15, -0.1) is 0 Å². The van der Waals surface area contributed by atoms with Gasteiger partial charge in [-0.3, -0.25) is 4.68 Å². The van der Waals surface area contributed by atoms with Gasteiger partial charge in [-0.2, -0.15) is 5.10 Å². The quantitative estimate of drug-likeness (QED) is 0.775. The number of hydrogen-bond donors (Lipinski definition) is 0. The Labute approximate surface area is 110 Å². The fraction of sp³-hybridized carbons (Fsp3) is 0.455. The van der Waals surface area contributed by atoms with Crippen molar-refractivity contribution in [2.45, 2.75) is 18.8 Å². The summed E-state index contributed by atoms with van der Waals surface area (Å²) in [6.45, 7) is 0.543. The summed E-state index contributed by atoms with van der Waals surface area (Å²) in [6, 6.07) is 2.10. The van der Waals surface area contributed by atoms with Crippen molar-refractivity contribution in [3.05, 3.63) is 23.1 Å². The summed E-state index contributed by atoms with van der Waals surface area (Å²) in [5.41, 5.74) is 1.16. The Kier molecular flexibility index (Phi) is 2.64.